The highest BCUT2D eigenvalue weighted by atomic mass is 16.5. The Bertz CT molecular complexity index is 61.5. The first-order valence-corrected chi connectivity index (χ1v) is 3.13. The summed E-state index contributed by atoms with van der Waals surface area (Å²) in [4.78, 5) is 0. The molecule has 1 saturated heterocycles. The summed E-state index contributed by atoms with van der Waals surface area (Å²) in [6.45, 7) is 3.32. The van der Waals surface area contributed by atoms with Crippen LogP contribution in [0.5, 0.6) is 0 Å². The predicted molar refractivity (Wildman–Crippen MR) is 32.9 cm³/mol. The van der Waals surface area contributed by atoms with Gasteiger partial charge in [0.1, 0.15) is 0 Å². The first kappa shape index (κ1) is 6.05. The largest absolute Gasteiger partial charge is 0.385 e. The molecule has 0 amide bonds. The van der Waals surface area contributed by atoms with E-state index in [1.807, 2.05) is 0 Å². The van der Waals surface area contributed by atoms with Crippen molar-refractivity contribution in [1.82, 2.24) is 5.32 Å². The topological polar surface area (TPSA) is 21.3 Å². The van der Waals surface area contributed by atoms with Gasteiger partial charge in [0.15, 0.2) is 0 Å². The van der Waals surface area contributed by atoms with Gasteiger partial charge in [0, 0.05) is 13.7 Å². The average molecular weight is 115 g/mol. The fraction of sp³-hybridized carbons (Fsp3) is 1.00. The van der Waals surface area contributed by atoms with Gasteiger partial charge in [-0.3, -0.25) is 0 Å². The van der Waals surface area contributed by atoms with Crippen molar-refractivity contribution < 1.29 is 4.74 Å². The Labute approximate surface area is 50.2 Å². The second-order valence-electron chi connectivity index (χ2n) is 2.31. The molecule has 1 N–H and O–H groups in total. The molecule has 0 atom stereocenters. The molecule has 1 aliphatic rings. The van der Waals surface area contributed by atoms with E-state index in [9.17, 15) is 0 Å². The molecule has 0 aliphatic carbocycles. The summed E-state index contributed by atoms with van der Waals surface area (Å²) in [6, 6.07) is 0. The zero-order chi connectivity index (χ0) is 5.82. The van der Waals surface area contributed by atoms with Crippen molar-refractivity contribution in [1.29, 1.82) is 0 Å². The van der Waals surface area contributed by atoms with Gasteiger partial charge in [-0.05, 0) is 25.4 Å². The van der Waals surface area contributed by atoms with E-state index in [0.29, 0.717) is 0 Å². The summed E-state index contributed by atoms with van der Waals surface area (Å²) in [5.41, 5.74) is 0. The van der Waals surface area contributed by atoms with Gasteiger partial charge in [0.05, 0.1) is 0 Å². The van der Waals surface area contributed by atoms with Crippen LogP contribution in [0.25, 0.3) is 0 Å². The molecule has 0 bridgehead atoms. The number of hydrogen-bond donors (Lipinski definition) is 1. The van der Waals surface area contributed by atoms with Crippen molar-refractivity contribution in [3.8, 4) is 0 Å². The number of ether oxygens (including phenoxy) is 1. The first-order valence-electron chi connectivity index (χ1n) is 3.13. The molecule has 2 nitrogen and oxygen atoms in total. The lowest BCUT2D eigenvalue weighted by molar-refractivity contribution is 0.162. The zero-order valence-corrected chi connectivity index (χ0v) is 5.31. The molecule has 0 radical (unpaired) electrons. The maximum absolute atomic E-state index is 4.92. The fourth-order valence-corrected chi connectivity index (χ4v) is 0.837. The molecule has 1 fully saturated rings. The summed E-state index contributed by atoms with van der Waals surface area (Å²) in [5, 5.41) is 3.21. The summed E-state index contributed by atoms with van der Waals surface area (Å²) >= 11 is 0. The smallest absolute Gasteiger partial charge is 0.0465 e. The lowest BCUT2D eigenvalue weighted by atomic mass is 10.0. The van der Waals surface area contributed by atoms with Gasteiger partial charge in [-0.2, -0.15) is 0 Å². The van der Waals surface area contributed by atoms with Crippen LogP contribution in [0, 0.1) is 5.92 Å². The van der Waals surface area contributed by atoms with Crippen molar-refractivity contribution in [2.45, 2.75) is 6.42 Å². The Hall–Kier alpha value is -0.0800. The minimum atomic E-state index is 0.898. The van der Waals surface area contributed by atoms with E-state index in [1.165, 1.54) is 19.5 Å². The van der Waals surface area contributed by atoms with E-state index in [-0.39, 0.29) is 0 Å². The van der Waals surface area contributed by atoms with E-state index in [1.54, 1.807) is 7.11 Å². The fourth-order valence-electron chi connectivity index (χ4n) is 0.837. The van der Waals surface area contributed by atoms with Gasteiger partial charge in [-0.15, -0.1) is 0 Å². The van der Waals surface area contributed by atoms with Crippen molar-refractivity contribution in [2.75, 3.05) is 26.8 Å². The zero-order valence-electron chi connectivity index (χ0n) is 5.31. The van der Waals surface area contributed by atoms with Crippen LogP contribution in [0.15, 0.2) is 0 Å². The van der Waals surface area contributed by atoms with Crippen LogP contribution in [0.1, 0.15) is 6.42 Å². The molecule has 0 saturated carbocycles. The minimum Gasteiger partial charge on any atom is -0.385 e. The summed E-state index contributed by atoms with van der Waals surface area (Å²) in [6.07, 6.45) is 1.23. The monoisotopic (exact) mass is 115 g/mol. The van der Waals surface area contributed by atoms with Crippen LogP contribution in [-0.4, -0.2) is 26.8 Å². The van der Waals surface area contributed by atoms with Gasteiger partial charge in [0.25, 0.3) is 0 Å². The van der Waals surface area contributed by atoms with Gasteiger partial charge in [-0.25, -0.2) is 0 Å². The second-order valence-corrected chi connectivity index (χ2v) is 2.31. The molecule has 0 aromatic carbocycles. The van der Waals surface area contributed by atoms with Crippen LogP contribution in [0.4, 0.5) is 0 Å². The molecular weight excluding hydrogens is 102 g/mol. The van der Waals surface area contributed by atoms with Crippen LogP contribution in [0.2, 0.25) is 0 Å². The average Bonchev–Trinajstić information content (AvgIpc) is 1.63. The molecule has 2 heteroatoms. The Morgan fingerprint density at radius 1 is 1.62 bits per heavy atom. The summed E-state index contributed by atoms with van der Waals surface area (Å²) in [5.74, 6) is 0.898. The molecular formula is C6H13NO. The van der Waals surface area contributed by atoms with E-state index in [2.05, 4.69) is 5.32 Å². The van der Waals surface area contributed by atoms with Crippen LogP contribution < -0.4 is 5.32 Å². The van der Waals surface area contributed by atoms with E-state index in [4.69, 9.17) is 4.74 Å². The lowest BCUT2D eigenvalue weighted by Gasteiger charge is -2.26. The number of rotatable bonds is 3. The Morgan fingerprint density at radius 2 is 2.38 bits per heavy atom. The molecule has 1 heterocycles. The number of hydrogen-bond acceptors (Lipinski definition) is 2. The highest BCUT2D eigenvalue weighted by Gasteiger charge is 2.14. The maximum Gasteiger partial charge on any atom is 0.0465 e. The standard InChI is InChI=1S/C6H13NO/c1-8-3-2-6-4-7-5-6/h6-7H,2-5H2,1H3. The Kier molecular flexibility index (Phi) is 2.30. The Morgan fingerprint density at radius 3 is 2.75 bits per heavy atom. The molecule has 0 spiro atoms. The van der Waals surface area contributed by atoms with Gasteiger partial charge >= 0.3 is 0 Å². The normalized spacial score (nSPS) is 20.6. The highest BCUT2D eigenvalue weighted by molar-refractivity contribution is 4.73. The first-order chi connectivity index (χ1) is 3.93. The van der Waals surface area contributed by atoms with E-state index >= 15 is 0 Å². The van der Waals surface area contributed by atoms with Crippen molar-refractivity contribution >= 4 is 0 Å². The highest BCUT2D eigenvalue weighted by Crippen LogP contribution is 2.06. The summed E-state index contributed by atoms with van der Waals surface area (Å²) in [7, 11) is 1.76. The second kappa shape index (κ2) is 3.05. The van der Waals surface area contributed by atoms with Crippen molar-refractivity contribution in [3.63, 3.8) is 0 Å². The van der Waals surface area contributed by atoms with Crippen molar-refractivity contribution in [2.24, 2.45) is 5.92 Å². The molecule has 0 unspecified atom stereocenters. The third kappa shape index (κ3) is 1.46. The van der Waals surface area contributed by atoms with Gasteiger partial charge in [0.2, 0.25) is 0 Å². The van der Waals surface area contributed by atoms with Crippen LogP contribution >= 0.6 is 0 Å². The minimum absolute atomic E-state index is 0.898. The van der Waals surface area contributed by atoms with E-state index < -0.39 is 0 Å². The molecule has 0 aromatic heterocycles. The molecule has 8 heavy (non-hydrogen) atoms. The predicted octanol–water partition coefficient (Wildman–Crippen LogP) is 0.242. The Balaban J connectivity index is 1.86. The number of methoxy groups -OCH3 is 1. The van der Waals surface area contributed by atoms with E-state index in [0.717, 1.165) is 12.5 Å². The summed E-state index contributed by atoms with van der Waals surface area (Å²) < 4.78 is 4.92. The van der Waals surface area contributed by atoms with Gasteiger partial charge in [-0.1, -0.05) is 0 Å². The molecule has 1 rings (SSSR count). The van der Waals surface area contributed by atoms with Crippen LogP contribution in [0.3, 0.4) is 0 Å². The third-order valence-electron chi connectivity index (χ3n) is 1.60. The lowest BCUT2D eigenvalue weighted by Crippen LogP contribution is -2.42. The van der Waals surface area contributed by atoms with Crippen LogP contribution in [-0.2, 0) is 4.74 Å². The molecule has 1 aliphatic heterocycles. The molecule has 0 aromatic rings. The molecule has 48 valence electrons. The maximum atomic E-state index is 4.92. The quantitative estimate of drug-likeness (QED) is 0.569. The number of nitrogens with one attached hydrogen (secondary N) is 1. The SMILES string of the molecule is COCCC1CNC1. The van der Waals surface area contributed by atoms with Gasteiger partial charge < -0.3 is 10.1 Å². The van der Waals surface area contributed by atoms with Crippen molar-refractivity contribution in [3.05, 3.63) is 0 Å². The third-order valence-corrected chi connectivity index (χ3v) is 1.60.